The molecule has 2 saturated heterocycles. The summed E-state index contributed by atoms with van der Waals surface area (Å²) in [6, 6.07) is -0.153. The molecule has 0 aromatic rings. The van der Waals surface area contributed by atoms with Crippen molar-refractivity contribution in [1.29, 1.82) is 0 Å². The molecular formula is C9H15NO3. The van der Waals surface area contributed by atoms with Gasteiger partial charge in [-0.3, -0.25) is 4.79 Å². The fraction of sp³-hybridized carbons (Fsp3) is 0.889. The molecule has 1 spiro atoms. The number of ether oxygens (including phenoxy) is 2. The van der Waals surface area contributed by atoms with Gasteiger partial charge in [-0.25, -0.2) is 0 Å². The highest BCUT2D eigenvalue weighted by Gasteiger charge is 2.47. The molecule has 0 saturated carbocycles. The molecule has 1 N–H and O–H groups in total. The van der Waals surface area contributed by atoms with Gasteiger partial charge in [-0.2, -0.15) is 0 Å². The first-order valence-corrected chi connectivity index (χ1v) is 4.80. The molecule has 4 nitrogen and oxygen atoms in total. The predicted molar refractivity (Wildman–Crippen MR) is 46.3 cm³/mol. The van der Waals surface area contributed by atoms with Gasteiger partial charge in [-0.05, 0) is 6.92 Å². The average molecular weight is 185 g/mol. The minimum atomic E-state index is -0.153. The van der Waals surface area contributed by atoms with Crippen LogP contribution in [-0.4, -0.2) is 37.4 Å². The zero-order chi connectivity index (χ0) is 9.31. The Labute approximate surface area is 77.6 Å². The van der Waals surface area contributed by atoms with Crippen LogP contribution in [0.15, 0.2) is 0 Å². The van der Waals surface area contributed by atoms with Gasteiger partial charge in [-0.15, -0.1) is 0 Å². The maximum atomic E-state index is 11.3. The Balaban J connectivity index is 1.87. The molecule has 4 heteroatoms. The van der Waals surface area contributed by atoms with Crippen molar-refractivity contribution in [2.75, 3.05) is 19.8 Å². The number of carbonyl (C=O) groups is 1. The molecule has 0 aromatic carbocycles. The summed E-state index contributed by atoms with van der Waals surface area (Å²) in [7, 11) is 0. The molecule has 0 aromatic heterocycles. The third-order valence-corrected chi connectivity index (χ3v) is 2.78. The van der Waals surface area contributed by atoms with Crippen molar-refractivity contribution in [3.8, 4) is 0 Å². The Kier molecular flexibility index (Phi) is 2.26. The maximum Gasteiger partial charge on any atom is 0.323 e. The van der Waals surface area contributed by atoms with Crippen molar-refractivity contribution in [3.05, 3.63) is 0 Å². The third-order valence-electron chi connectivity index (χ3n) is 2.78. The topological polar surface area (TPSA) is 47.6 Å². The van der Waals surface area contributed by atoms with E-state index in [0.29, 0.717) is 6.61 Å². The van der Waals surface area contributed by atoms with Crippen LogP contribution in [0.2, 0.25) is 0 Å². The number of rotatable bonds is 2. The molecule has 0 amide bonds. The number of hydrogen-bond donors (Lipinski definition) is 1. The summed E-state index contributed by atoms with van der Waals surface area (Å²) >= 11 is 0. The molecule has 2 rings (SSSR count). The molecule has 0 aliphatic carbocycles. The Morgan fingerprint density at radius 3 is 3.00 bits per heavy atom. The van der Waals surface area contributed by atoms with Crippen LogP contribution in [-0.2, 0) is 14.3 Å². The van der Waals surface area contributed by atoms with Gasteiger partial charge in [0.05, 0.1) is 18.8 Å². The molecule has 0 bridgehead atoms. The lowest BCUT2D eigenvalue weighted by Crippen LogP contribution is -2.45. The van der Waals surface area contributed by atoms with Crippen LogP contribution in [0.5, 0.6) is 0 Å². The van der Waals surface area contributed by atoms with E-state index in [9.17, 15) is 4.79 Å². The van der Waals surface area contributed by atoms with Gasteiger partial charge in [0.2, 0.25) is 0 Å². The van der Waals surface area contributed by atoms with Crippen LogP contribution in [0.4, 0.5) is 0 Å². The van der Waals surface area contributed by atoms with Crippen LogP contribution >= 0.6 is 0 Å². The van der Waals surface area contributed by atoms with E-state index in [-0.39, 0.29) is 17.6 Å². The van der Waals surface area contributed by atoms with E-state index in [1.165, 1.54) is 0 Å². The number of hydrogen-bond acceptors (Lipinski definition) is 4. The first-order chi connectivity index (χ1) is 6.26. The van der Waals surface area contributed by atoms with Crippen LogP contribution in [0.25, 0.3) is 0 Å². The van der Waals surface area contributed by atoms with Gasteiger partial charge < -0.3 is 14.8 Å². The molecule has 13 heavy (non-hydrogen) atoms. The van der Waals surface area contributed by atoms with Gasteiger partial charge in [0.1, 0.15) is 6.04 Å². The van der Waals surface area contributed by atoms with Gasteiger partial charge in [-0.1, -0.05) is 0 Å². The standard InChI is InChI=1S/C9H15NO3/c1-2-12-8(11)7-5-9(6-10-7)3-4-13-9/h7,10H,2-6H2,1H3. The second kappa shape index (κ2) is 3.27. The fourth-order valence-corrected chi connectivity index (χ4v) is 1.93. The maximum absolute atomic E-state index is 11.3. The van der Waals surface area contributed by atoms with Crippen molar-refractivity contribution in [2.45, 2.75) is 31.4 Å². The molecule has 2 heterocycles. The Hall–Kier alpha value is -0.610. The van der Waals surface area contributed by atoms with E-state index in [1.54, 1.807) is 0 Å². The lowest BCUT2D eigenvalue weighted by molar-refractivity contribution is -0.150. The number of nitrogens with one attached hydrogen (secondary N) is 1. The molecule has 2 unspecified atom stereocenters. The van der Waals surface area contributed by atoms with Crippen molar-refractivity contribution in [2.24, 2.45) is 0 Å². The summed E-state index contributed by atoms with van der Waals surface area (Å²) in [6.45, 7) is 3.89. The van der Waals surface area contributed by atoms with E-state index in [0.717, 1.165) is 26.0 Å². The highest BCUT2D eigenvalue weighted by atomic mass is 16.5. The molecule has 2 atom stereocenters. The molecule has 74 valence electrons. The molecule has 2 aliphatic heterocycles. The highest BCUT2D eigenvalue weighted by molar-refractivity contribution is 5.76. The van der Waals surface area contributed by atoms with Gasteiger partial charge in [0.25, 0.3) is 0 Å². The van der Waals surface area contributed by atoms with Crippen LogP contribution < -0.4 is 5.32 Å². The van der Waals surface area contributed by atoms with E-state index >= 15 is 0 Å². The van der Waals surface area contributed by atoms with E-state index in [2.05, 4.69) is 5.32 Å². The number of esters is 1. The van der Waals surface area contributed by atoms with Crippen molar-refractivity contribution in [1.82, 2.24) is 5.32 Å². The quantitative estimate of drug-likeness (QED) is 0.618. The van der Waals surface area contributed by atoms with Gasteiger partial charge in [0, 0.05) is 19.4 Å². The smallest absolute Gasteiger partial charge is 0.323 e. The summed E-state index contributed by atoms with van der Waals surface area (Å²) in [6.07, 6.45) is 1.84. The normalized spacial score (nSPS) is 37.5. The second-order valence-electron chi connectivity index (χ2n) is 3.67. The Bertz CT molecular complexity index is 213. The first-order valence-electron chi connectivity index (χ1n) is 4.80. The summed E-state index contributed by atoms with van der Waals surface area (Å²) in [5, 5.41) is 3.13. The van der Waals surface area contributed by atoms with Crippen molar-refractivity contribution >= 4 is 5.97 Å². The highest BCUT2D eigenvalue weighted by Crippen LogP contribution is 2.34. The number of carbonyl (C=O) groups excluding carboxylic acids is 1. The monoisotopic (exact) mass is 185 g/mol. The fourth-order valence-electron chi connectivity index (χ4n) is 1.93. The minimum Gasteiger partial charge on any atom is -0.465 e. The average Bonchev–Trinajstić information content (AvgIpc) is 2.47. The molecule has 2 fully saturated rings. The summed E-state index contributed by atoms with van der Waals surface area (Å²) in [4.78, 5) is 11.3. The summed E-state index contributed by atoms with van der Waals surface area (Å²) in [5.74, 6) is -0.144. The van der Waals surface area contributed by atoms with Crippen LogP contribution in [0.3, 0.4) is 0 Å². The van der Waals surface area contributed by atoms with E-state index in [1.807, 2.05) is 6.92 Å². The second-order valence-corrected chi connectivity index (χ2v) is 3.67. The van der Waals surface area contributed by atoms with E-state index < -0.39 is 0 Å². The molecule has 2 aliphatic rings. The van der Waals surface area contributed by atoms with Gasteiger partial charge >= 0.3 is 5.97 Å². The first kappa shape index (κ1) is 8.97. The largest absolute Gasteiger partial charge is 0.465 e. The summed E-state index contributed by atoms with van der Waals surface area (Å²) in [5.41, 5.74) is -0.0442. The minimum absolute atomic E-state index is 0.0442. The zero-order valence-corrected chi connectivity index (χ0v) is 7.84. The third kappa shape index (κ3) is 1.56. The van der Waals surface area contributed by atoms with Crippen LogP contribution in [0.1, 0.15) is 19.8 Å². The Morgan fingerprint density at radius 2 is 2.54 bits per heavy atom. The lowest BCUT2D eigenvalue weighted by atomic mass is 9.92. The van der Waals surface area contributed by atoms with Gasteiger partial charge in [0.15, 0.2) is 0 Å². The SMILES string of the molecule is CCOC(=O)C1CC2(CCO2)CN1. The summed E-state index contributed by atoms with van der Waals surface area (Å²) < 4.78 is 10.4. The zero-order valence-electron chi connectivity index (χ0n) is 7.84. The lowest BCUT2D eigenvalue weighted by Gasteiger charge is -2.37. The molecular weight excluding hydrogens is 170 g/mol. The molecule has 0 radical (unpaired) electrons. The van der Waals surface area contributed by atoms with Crippen molar-refractivity contribution in [3.63, 3.8) is 0 Å². The van der Waals surface area contributed by atoms with Crippen molar-refractivity contribution < 1.29 is 14.3 Å². The van der Waals surface area contributed by atoms with Crippen LogP contribution in [0, 0.1) is 0 Å². The Morgan fingerprint density at radius 1 is 1.77 bits per heavy atom. The van der Waals surface area contributed by atoms with E-state index in [4.69, 9.17) is 9.47 Å². The predicted octanol–water partition coefficient (Wildman–Crippen LogP) is 0.0705.